The van der Waals surface area contributed by atoms with Crippen molar-refractivity contribution in [3.63, 3.8) is 0 Å². The average Bonchev–Trinajstić information content (AvgIpc) is 2.71. The van der Waals surface area contributed by atoms with E-state index in [1.54, 1.807) is 12.4 Å². The van der Waals surface area contributed by atoms with Gasteiger partial charge in [0.2, 0.25) is 0 Å². The number of hydrogen-bond donors (Lipinski definition) is 1. The Kier molecular flexibility index (Phi) is 3.03. The maximum Gasteiger partial charge on any atom is 0.137 e. The molecular formula is C16H19FN4. The molecule has 3 heterocycles. The number of nitrogens with zero attached hydrogens (tertiary/aromatic N) is 3. The van der Waals surface area contributed by atoms with Crippen LogP contribution in [0.4, 0.5) is 10.2 Å². The number of piperidine rings is 1. The lowest BCUT2D eigenvalue weighted by molar-refractivity contribution is 0.169. The number of halogens is 1. The molecule has 2 fully saturated rings. The van der Waals surface area contributed by atoms with Gasteiger partial charge >= 0.3 is 0 Å². The second-order valence-corrected chi connectivity index (χ2v) is 6.25. The van der Waals surface area contributed by atoms with Gasteiger partial charge in [-0.15, -0.1) is 0 Å². The van der Waals surface area contributed by atoms with Gasteiger partial charge in [0.1, 0.15) is 18.0 Å². The predicted molar refractivity (Wildman–Crippen MR) is 80.7 cm³/mol. The molecular weight excluding hydrogens is 267 g/mol. The second-order valence-electron chi connectivity index (χ2n) is 6.25. The van der Waals surface area contributed by atoms with Crippen molar-refractivity contribution in [1.29, 1.82) is 0 Å². The van der Waals surface area contributed by atoms with Crippen LogP contribution in [0.3, 0.4) is 0 Å². The van der Waals surface area contributed by atoms with Gasteiger partial charge in [0.25, 0.3) is 0 Å². The van der Waals surface area contributed by atoms with Gasteiger partial charge in [-0.25, -0.2) is 14.4 Å². The molecule has 1 N–H and O–H groups in total. The molecule has 4 rings (SSSR count). The van der Waals surface area contributed by atoms with E-state index in [-0.39, 0.29) is 5.82 Å². The van der Waals surface area contributed by atoms with E-state index in [9.17, 15) is 4.39 Å². The molecule has 0 saturated carbocycles. The maximum absolute atomic E-state index is 13.5. The number of benzene rings is 1. The SMILES string of the molecule is CN1C2CCC1CC(Nc1ncnc3ccc(F)cc13)C2. The van der Waals surface area contributed by atoms with Gasteiger partial charge in [-0.05, 0) is 50.9 Å². The van der Waals surface area contributed by atoms with Crippen LogP contribution in [0.5, 0.6) is 0 Å². The van der Waals surface area contributed by atoms with Gasteiger partial charge in [-0.1, -0.05) is 0 Å². The summed E-state index contributed by atoms with van der Waals surface area (Å²) < 4.78 is 13.5. The third-order valence-corrected chi connectivity index (χ3v) is 5.04. The van der Waals surface area contributed by atoms with E-state index >= 15 is 0 Å². The lowest BCUT2D eigenvalue weighted by Crippen LogP contribution is -2.44. The van der Waals surface area contributed by atoms with Crippen molar-refractivity contribution < 1.29 is 4.39 Å². The zero-order valence-electron chi connectivity index (χ0n) is 12.1. The Hall–Kier alpha value is -1.75. The van der Waals surface area contributed by atoms with Crippen LogP contribution in [0, 0.1) is 5.82 Å². The number of hydrogen-bond acceptors (Lipinski definition) is 4. The maximum atomic E-state index is 13.5. The number of anilines is 1. The molecule has 1 aromatic heterocycles. The van der Waals surface area contributed by atoms with E-state index < -0.39 is 0 Å². The predicted octanol–water partition coefficient (Wildman–Crippen LogP) is 2.81. The number of aromatic nitrogens is 2. The quantitative estimate of drug-likeness (QED) is 0.921. The van der Waals surface area contributed by atoms with Crippen molar-refractivity contribution in [3.05, 3.63) is 30.3 Å². The summed E-state index contributed by atoms with van der Waals surface area (Å²) in [5.41, 5.74) is 0.782. The second kappa shape index (κ2) is 4.91. The van der Waals surface area contributed by atoms with Crippen molar-refractivity contribution >= 4 is 16.7 Å². The summed E-state index contributed by atoms with van der Waals surface area (Å²) in [6, 6.07) is 6.42. The molecule has 110 valence electrons. The van der Waals surface area contributed by atoms with Crippen molar-refractivity contribution in [2.75, 3.05) is 12.4 Å². The third kappa shape index (κ3) is 2.25. The van der Waals surface area contributed by atoms with Crippen LogP contribution < -0.4 is 5.32 Å². The van der Waals surface area contributed by atoms with Crippen molar-refractivity contribution in [3.8, 4) is 0 Å². The fourth-order valence-corrected chi connectivity index (χ4v) is 3.87. The fraction of sp³-hybridized carbons (Fsp3) is 0.500. The van der Waals surface area contributed by atoms with E-state index in [1.165, 1.54) is 25.0 Å². The number of rotatable bonds is 2. The lowest BCUT2D eigenvalue weighted by Gasteiger charge is -2.36. The molecule has 0 aliphatic carbocycles. The molecule has 2 aliphatic heterocycles. The molecule has 2 unspecified atom stereocenters. The van der Waals surface area contributed by atoms with Crippen molar-refractivity contribution in [1.82, 2.24) is 14.9 Å². The van der Waals surface area contributed by atoms with Crippen LogP contribution in [0.15, 0.2) is 24.5 Å². The smallest absolute Gasteiger partial charge is 0.137 e. The lowest BCUT2D eigenvalue weighted by atomic mass is 9.98. The molecule has 2 aromatic rings. The highest BCUT2D eigenvalue weighted by atomic mass is 19.1. The first-order valence-corrected chi connectivity index (χ1v) is 7.59. The van der Waals surface area contributed by atoms with E-state index in [4.69, 9.17) is 0 Å². The first-order chi connectivity index (χ1) is 10.2. The van der Waals surface area contributed by atoms with E-state index in [0.29, 0.717) is 18.1 Å². The minimum absolute atomic E-state index is 0.246. The van der Waals surface area contributed by atoms with E-state index in [0.717, 1.165) is 29.6 Å². The molecule has 5 heteroatoms. The van der Waals surface area contributed by atoms with Crippen LogP contribution >= 0.6 is 0 Å². The van der Waals surface area contributed by atoms with Gasteiger partial charge in [-0.3, -0.25) is 0 Å². The van der Waals surface area contributed by atoms with Gasteiger partial charge in [0, 0.05) is 23.5 Å². The standard InChI is InChI=1S/C16H19FN4/c1-21-12-3-4-13(21)8-11(7-12)20-16-14-6-10(17)2-5-15(14)18-9-19-16/h2,5-6,9,11-13H,3-4,7-8H2,1H3,(H,18,19,20). The third-order valence-electron chi connectivity index (χ3n) is 5.04. The summed E-state index contributed by atoms with van der Waals surface area (Å²) in [5.74, 6) is 0.511. The molecule has 2 saturated heterocycles. The number of nitrogens with one attached hydrogen (secondary N) is 1. The zero-order chi connectivity index (χ0) is 14.4. The summed E-state index contributed by atoms with van der Waals surface area (Å²) in [4.78, 5) is 11.0. The summed E-state index contributed by atoms with van der Waals surface area (Å²) in [7, 11) is 2.23. The number of fused-ring (bicyclic) bond motifs is 3. The Morgan fingerprint density at radius 1 is 1.19 bits per heavy atom. The van der Waals surface area contributed by atoms with Crippen LogP contribution in [-0.2, 0) is 0 Å². The molecule has 1 aromatic carbocycles. The fourth-order valence-electron chi connectivity index (χ4n) is 3.87. The monoisotopic (exact) mass is 286 g/mol. The Morgan fingerprint density at radius 3 is 2.71 bits per heavy atom. The normalized spacial score (nSPS) is 29.0. The van der Waals surface area contributed by atoms with Crippen LogP contribution in [0.1, 0.15) is 25.7 Å². The first-order valence-electron chi connectivity index (χ1n) is 7.59. The van der Waals surface area contributed by atoms with Crippen LogP contribution in [0.2, 0.25) is 0 Å². The highest BCUT2D eigenvalue weighted by Gasteiger charge is 2.38. The van der Waals surface area contributed by atoms with Gasteiger partial charge in [0.15, 0.2) is 0 Å². The molecule has 2 bridgehead atoms. The van der Waals surface area contributed by atoms with Crippen LogP contribution in [0.25, 0.3) is 10.9 Å². The zero-order valence-corrected chi connectivity index (χ0v) is 12.1. The summed E-state index contributed by atoms with van der Waals surface area (Å²) in [6.45, 7) is 0. The van der Waals surface area contributed by atoms with Gasteiger partial charge in [0.05, 0.1) is 5.52 Å². The van der Waals surface area contributed by atoms with Gasteiger partial charge in [-0.2, -0.15) is 0 Å². The first kappa shape index (κ1) is 13.0. The molecule has 0 spiro atoms. The largest absolute Gasteiger partial charge is 0.367 e. The summed E-state index contributed by atoms with van der Waals surface area (Å²) >= 11 is 0. The Bertz CT molecular complexity index is 660. The van der Waals surface area contributed by atoms with Gasteiger partial charge < -0.3 is 10.2 Å². The minimum Gasteiger partial charge on any atom is -0.367 e. The Balaban J connectivity index is 1.62. The molecule has 21 heavy (non-hydrogen) atoms. The summed E-state index contributed by atoms with van der Waals surface area (Å²) in [6.07, 6.45) is 6.39. The molecule has 2 aliphatic rings. The van der Waals surface area contributed by atoms with Crippen molar-refractivity contribution in [2.45, 2.75) is 43.8 Å². The minimum atomic E-state index is -0.246. The summed E-state index contributed by atoms with van der Waals surface area (Å²) in [5, 5.41) is 4.30. The van der Waals surface area contributed by atoms with E-state index in [2.05, 4.69) is 27.2 Å². The van der Waals surface area contributed by atoms with E-state index in [1.807, 2.05) is 0 Å². The Labute approximate surface area is 123 Å². The molecule has 0 amide bonds. The van der Waals surface area contributed by atoms with Crippen molar-refractivity contribution in [2.24, 2.45) is 0 Å². The van der Waals surface area contributed by atoms with Crippen LogP contribution in [-0.4, -0.2) is 40.0 Å². The molecule has 0 radical (unpaired) electrons. The molecule has 4 nitrogen and oxygen atoms in total. The highest BCUT2D eigenvalue weighted by molar-refractivity contribution is 5.88. The Morgan fingerprint density at radius 2 is 1.95 bits per heavy atom. The topological polar surface area (TPSA) is 41.0 Å². The average molecular weight is 286 g/mol. The molecule has 2 atom stereocenters. The highest BCUT2D eigenvalue weighted by Crippen LogP contribution is 2.35.